The minimum atomic E-state index is -0.135. The Hall–Kier alpha value is -1.70. The molecule has 8 heteroatoms. The van der Waals surface area contributed by atoms with Gasteiger partial charge in [0.15, 0.2) is 5.50 Å². The van der Waals surface area contributed by atoms with Crippen molar-refractivity contribution in [2.45, 2.75) is 12.4 Å². The van der Waals surface area contributed by atoms with Gasteiger partial charge in [-0.3, -0.25) is 10.2 Å². The topological polar surface area (TPSA) is 66.3 Å². The molecule has 18 heavy (non-hydrogen) atoms. The van der Waals surface area contributed by atoms with Crippen molar-refractivity contribution in [3.63, 3.8) is 0 Å². The van der Waals surface area contributed by atoms with Crippen LogP contribution in [0.4, 0.5) is 0 Å². The van der Waals surface area contributed by atoms with E-state index in [4.69, 9.17) is 0 Å². The summed E-state index contributed by atoms with van der Waals surface area (Å²) in [4.78, 5) is 16.5. The Labute approximate surface area is 110 Å². The lowest BCUT2D eigenvalue weighted by atomic mass is 10.4. The molecule has 1 atom stereocenters. The van der Waals surface area contributed by atoms with E-state index in [-0.39, 0.29) is 11.4 Å². The molecule has 0 radical (unpaired) electrons. The van der Waals surface area contributed by atoms with Gasteiger partial charge >= 0.3 is 0 Å². The Morgan fingerprint density at radius 3 is 2.72 bits per heavy atom. The molecule has 98 valence electrons. The molecule has 0 bridgehead atoms. The highest BCUT2D eigenvalue weighted by Crippen LogP contribution is 2.33. The van der Waals surface area contributed by atoms with Crippen molar-refractivity contribution in [1.82, 2.24) is 24.7 Å². The van der Waals surface area contributed by atoms with Crippen LogP contribution in [0.2, 0.25) is 0 Å². The fourth-order valence-corrected chi connectivity index (χ4v) is 2.88. The lowest BCUT2D eigenvalue weighted by Crippen LogP contribution is -2.40. The average Bonchev–Trinajstić information content (AvgIpc) is 2.89. The molecular formula is C10H16N6OS. The van der Waals surface area contributed by atoms with Crippen LogP contribution in [-0.4, -0.2) is 56.7 Å². The molecule has 7 nitrogen and oxygen atoms in total. The summed E-state index contributed by atoms with van der Waals surface area (Å²) in [6.07, 6.45) is 4.96. The Morgan fingerprint density at radius 2 is 2.17 bits per heavy atom. The highest BCUT2D eigenvalue weighted by molar-refractivity contribution is 8.05. The quantitative estimate of drug-likeness (QED) is 0.782. The summed E-state index contributed by atoms with van der Waals surface area (Å²) >= 11 is 1.49. The van der Waals surface area contributed by atoms with Crippen molar-refractivity contribution < 1.29 is 4.79 Å². The first kappa shape index (κ1) is 12.7. The second-order valence-electron chi connectivity index (χ2n) is 4.02. The van der Waals surface area contributed by atoms with E-state index in [1.165, 1.54) is 11.8 Å². The van der Waals surface area contributed by atoms with Gasteiger partial charge in [0, 0.05) is 26.8 Å². The molecule has 1 N–H and O–H groups in total. The summed E-state index contributed by atoms with van der Waals surface area (Å²) < 4.78 is 1.65. The van der Waals surface area contributed by atoms with Gasteiger partial charge in [-0.1, -0.05) is 11.8 Å². The first-order chi connectivity index (χ1) is 8.61. The summed E-state index contributed by atoms with van der Waals surface area (Å²) in [6, 6.07) is 0. The minimum absolute atomic E-state index is 0.0433. The van der Waals surface area contributed by atoms with Gasteiger partial charge in [0.2, 0.25) is 0 Å². The number of thioether (sulfide) groups is 1. The van der Waals surface area contributed by atoms with Crippen LogP contribution in [0.25, 0.3) is 0 Å². The van der Waals surface area contributed by atoms with Crippen LogP contribution in [-0.2, 0) is 4.79 Å². The first-order valence-electron chi connectivity index (χ1n) is 5.59. The van der Waals surface area contributed by atoms with Gasteiger partial charge in [-0.15, -0.1) is 10.2 Å². The molecule has 0 saturated carbocycles. The fraction of sp³-hybridized carbons (Fsp3) is 0.500. The van der Waals surface area contributed by atoms with Crippen LogP contribution in [0, 0.1) is 0 Å². The van der Waals surface area contributed by atoms with Crippen molar-refractivity contribution in [3.8, 4) is 0 Å². The second kappa shape index (κ2) is 5.30. The molecule has 0 unspecified atom stereocenters. The van der Waals surface area contributed by atoms with Crippen molar-refractivity contribution in [2.24, 2.45) is 0 Å². The van der Waals surface area contributed by atoms with Gasteiger partial charge in [-0.2, -0.15) is 0 Å². The van der Waals surface area contributed by atoms with Crippen LogP contribution in [0.15, 0.2) is 23.8 Å². The highest BCUT2D eigenvalue weighted by atomic mass is 32.2. The fourth-order valence-electron chi connectivity index (χ4n) is 1.60. The zero-order valence-electron chi connectivity index (χ0n) is 10.6. The number of hydrogen-bond donors (Lipinski definition) is 1. The lowest BCUT2D eigenvalue weighted by molar-refractivity contribution is -0.125. The van der Waals surface area contributed by atoms with Crippen LogP contribution >= 0.6 is 11.8 Å². The second-order valence-corrected chi connectivity index (χ2v) is 5.14. The summed E-state index contributed by atoms with van der Waals surface area (Å²) in [5.41, 5.74) is 3.02. The number of carbonyl (C=O) groups is 1. The van der Waals surface area contributed by atoms with Crippen LogP contribution in [0.3, 0.4) is 0 Å². The predicted octanol–water partition coefficient (Wildman–Crippen LogP) is 0.103. The van der Waals surface area contributed by atoms with E-state index in [1.54, 1.807) is 22.2 Å². The summed E-state index contributed by atoms with van der Waals surface area (Å²) in [5.74, 6) is 0.0433. The van der Waals surface area contributed by atoms with Gasteiger partial charge < -0.3 is 9.80 Å². The molecule has 1 aliphatic rings. The summed E-state index contributed by atoms with van der Waals surface area (Å²) in [6.45, 7) is 2.61. The minimum Gasteiger partial charge on any atom is -0.382 e. The number of carbonyl (C=O) groups excluding carboxylic acids is 1. The third-order valence-corrected chi connectivity index (χ3v) is 3.50. The molecule has 0 aromatic carbocycles. The van der Waals surface area contributed by atoms with E-state index in [2.05, 4.69) is 15.6 Å². The molecule has 1 aliphatic heterocycles. The number of aromatic nitrogens is 3. The third-order valence-electron chi connectivity index (χ3n) is 2.39. The van der Waals surface area contributed by atoms with Gasteiger partial charge in [0.05, 0.1) is 4.91 Å². The molecule has 0 aliphatic carbocycles. The largest absolute Gasteiger partial charge is 0.382 e. The molecule has 1 amide bonds. The smallest absolute Gasteiger partial charge is 0.264 e. The lowest BCUT2D eigenvalue weighted by Gasteiger charge is -2.22. The van der Waals surface area contributed by atoms with Crippen molar-refractivity contribution in [1.29, 1.82) is 0 Å². The summed E-state index contributed by atoms with van der Waals surface area (Å²) in [7, 11) is 3.80. The van der Waals surface area contributed by atoms with Gasteiger partial charge in [0.25, 0.3) is 5.91 Å². The molecular weight excluding hydrogens is 252 g/mol. The number of hydrogen-bond acceptors (Lipinski definition) is 6. The Morgan fingerprint density at radius 1 is 1.50 bits per heavy atom. The number of likely N-dealkylation sites (N-methyl/N-ethyl adjacent to an activating group) is 1. The SMILES string of the molecule is CCN1C(=O)C(=CN(C)C)S[C@@H]1Nn1cnnc1. The molecule has 2 rings (SSSR count). The average molecular weight is 268 g/mol. The summed E-state index contributed by atoms with van der Waals surface area (Å²) in [5, 5.41) is 7.43. The zero-order valence-corrected chi connectivity index (χ0v) is 11.4. The molecule has 1 saturated heterocycles. The Bertz CT molecular complexity index is 443. The maximum Gasteiger partial charge on any atom is 0.264 e. The highest BCUT2D eigenvalue weighted by Gasteiger charge is 2.35. The van der Waals surface area contributed by atoms with Crippen molar-refractivity contribution in [3.05, 3.63) is 23.8 Å². The molecule has 1 fully saturated rings. The number of nitrogens with zero attached hydrogens (tertiary/aromatic N) is 5. The number of amides is 1. The monoisotopic (exact) mass is 268 g/mol. The third kappa shape index (κ3) is 2.58. The van der Waals surface area contributed by atoms with Crippen molar-refractivity contribution in [2.75, 3.05) is 26.1 Å². The molecule has 2 heterocycles. The van der Waals surface area contributed by atoms with E-state index in [0.717, 1.165) is 4.91 Å². The van der Waals surface area contributed by atoms with E-state index < -0.39 is 0 Å². The molecule has 1 aromatic rings. The van der Waals surface area contributed by atoms with E-state index in [1.807, 2.05) is 32.1 Å². The number of nitrogens with one attached hydrogen (secondary N) is 1. The van der Waals surface area contributed by atoms with Crippen LogP contribution in [0.1, 0.15) is 6.92 Å². The van der Waals surface area contributed by atoms with E-state index >= 15 is 0 Å². The van der Waals surface area contributed by atoms with Crippen molar-refractivity contribution >= 4 is 17.7 Å². The zero-order chi connectivity index (χ0) is 13.1. The standard InChI is InChI=1S/C10H16N6OS/c1-4-16-9(17)8(5-14(2)3)18-10(16)13-15-6-11-12-7-15/h5-7,10,13H,4H2,1-3H3/t10-/m1/s1. The normalized spacial score (nSPS) is 21.7. The van der Waals surface area contributed by atoms with Gasteiger partial charge in [-0.25, -0.2) is 4.68 Å². The van der Waals surface area contributed by atoms with E-state index in [0.29, 0.717) is 6.54 Å². The Balaban J connectivity index is 2.13. The molecule has 1 aromatic heterocycles. The maximum absolute atomic E-state index is 12.1. The number of rotatable bonds is 4. The maximum atomic E-state index is 12.1. The van der Waals surface area contributed by atoms with Crippen LogP contribution in [0.5, 0.6) is 0 Å². The predicted molar refractivity (Wildman–Crippen MR) is 69.9 cm³/mol. The van der Waals surface area contributed by atoms with Gasteiger partial charge in [-0.05, 0) is 6.92 Å². The van der Waals surface area contributed by atoms with E-state index in [9.17, 15) is 4.79 Å². The first-order valence-corrected chi connectivity index (χ1v) is 6.47. The van der Waals surface area contributed by atoms with Crippen LogP contribution < -0.4 is 5.43 Å². The molecule has 0 spiro atoms. The Kier molecular flexibility index (Phi) is 3.75. The van der Waals surface area contributed by atoms with Gasteiger partial charge in [0.1, 0.15) is 12.7 Å².